The highest BCUT2D eigenvalue weighted by Gasteiger charge is 2.20. The van der Waals surface area contributed by atoms with Gasteiger partial charge in [0.2, 0.25) is 0 Å². The Labute approximate surface area is 143 Å². The molecule has 0 radical (unpaired) electrons. The molecule has 1 aromatic heterocycles. The van der Waals surface area contributed by atoms with E-state index in [1.807, 2.05) is 0 Å². The number of rotatable bonds is 3. The summed E-state index contributed by atoms with van der Waals surface area (Å²) >= 11 is 0. The highest BCUT2D eigenvalue weighted by atomic mass is 16.6. The SMILES string of the molecule is Cn1cc(-c2ccc(NC(=O)OC(C)(C)C)cc2[N+](=O)[O-])ncc1=O. The molecule has 1 heterocycles. The molecule has 0 spiro atoms. The number of carbonyl (C=O) groups is 1. The molecule has 0 atom stereocenters. The van der Waals surface area contributed by atoms with Crippen LogP contribution in [0.1, 0.15) is 20.8 Å². The van der Waals surface area contributed by atoms with Crippen LogP contribution in [0.2, 0.25) is 0 Å². The molecule has 0 bridgehead atoms. The summed E-state index contributed by atoms with van der Waals surface area (Å²) in [6, 6.07) is 4.17. The van der Waals surface area contributed by atoms with Gasteiger partial charge in [-0.3, -0.25) is 20.2 Å². The van der Waals surface area contributed by atoms with Crippen molar-refractivity contribution in [3.8, 4) is 11.3 Å². The summed E-state index contributed by atoms with van der Waals surface area (Å²) in [4.78, 5) is 37.9. The van der Waals surface area contributed by atoms with E-state index in [0.29, 0.717) is 0 Å². The molecule has 9 heteroatoms. The maximum atomic E-state index is 11.8. The predicted octanol–water partition coefficient (Wildman–Crippen LogP) is 2.70. The zero-order valence-corrected chi connectivity index (χ0v) is 14.3. The van der Waals surface area contributed by atoms with Crippen LogP contribution in [0.4, 0.5) is 16.2 Å². The van der Waals surface area contributed by atoms with Crippen LogP contribution in [0.15, 0.2) is 35.4 Å². The minimum atomic E-state index is -0.713. The van der Waals surface area contributed by atoms with Crippen LogP contribution in [-0.2, 0) is 11.8 Å². The fraction of sp³-hybridized carbons (Fsp3) is 0.312. The maximum Gasteiger partial charge on any atom is 0.412 e. The van der Waals surface area contributed by atoms with Crippen LogP contribution in [0.25, 0.3) is 11.3 Å². The third-order valence-corrected chi connectivity index (χ3v) is 3.09. The molecule has 9 nitrogen and oxygen atoms in total. The van der Waals surface area contributed by atoms with E-state index in [0.717, 1.165) is 6.20 Å². The molecule has 0 aliphatic heterocycles. The maximum absolute atomic E-state index is 11.8. The summed E-state index contributed by atoms with van der Waals surface area (Å²) in [7, 11) is 1.53. The van der Waals surface area contributed by atoms with E-state index in [-0.39, 0.29) is 28.2 Å². The van der Waals surface area contributed by atoms with Gasteiger partial charge in [0.15, 0.2) is 0 Å². The lowest BCUT2D eigenvalue weighted by Crippen LogP contribution is -2.27. The van der Waals surface area contributed by atoms with Gasteiger partial charge in [-0.1, -0.05) is 0 Å². The molecular formula is C16H18N4O5. The number of anilines is 1. The van der Waals surface area contributed by atoms with Gasteiger partial charge >= 0.3 is 6.09 Å². The van der Waals surface area contributed by atoms with Gasteiger partial charge in [0.25, 0.3) is 11.2 Å². The first-order valence-electron chi connectivity index (χ1n) is 7.38. The molecule has 2 rings (SSSR count). The number of benzene rings is 1. The van der Waals surface area contributed by atoms with Crippen LogP contribution in [0, 0.1) is 10.1 Å². The number of hydrogen-bond donors (Lipinski definition) is 1. The standard InChI is InChI=1S/C16H18N4O5/c1-16(2,3)25-15(22)18-10-5-6-11(13(7-10)20(23)24)12-9-19(4)14(21)8-17-12/h5-9H,1-4H3,(H,18,22). The van der Waals surface area contributed by atoms with Gasteiger partial charge in [-0.05, 0) is 32.9 Å². The van der Waals surface area contributed by atoms with Gasteiger partial charge in [-0.2, -0.15) is 0 Å². The number of aromatic nitrogens is 2. The Morgan fingerprint density at radius 1 is 1.36 bits per heavy atom. The molecule has 132 valence electrons. The highest BCUT2D eigenvalue weighted by molar-refractivity contribution is 5.87. The van der Waals surface area contributed by atoms with Crippen molar-refractivity contribution >= 4 is 17.5 Å². The highest BCUT2D eigenvalue weighted by Crippen LogP contribution is 2.30. The Hall–Kier alpha value is -3.23. The summed E-state index contributed by atoms with van der Waals surface area (Å²) in [6.45, 7) is 5.14. The molecule has 1 N–H and O–H groups in total. The molecule has 0 unspecified atom stereocenters. The largest absolute Gasteiger partial charge is 0.444 e. The number of carbonyl (C=O) groups excluding carboxylic acids is 1. The van der Waals surface area contributed by atoms with Gasteiger partial charge in [0.1, 0.15) is 5.60 Å². The first-order chi connectivity index (χ1) is 11.6. The van der Waals surface area contributed by atoms with Crippen molar-refractivity contribution < 1.29 is 14.5 Å². The van der Waals surface area contributed by atoms with Gasteiger partial charge in [0, 0.05) is 19.3 Å². The molecular weight excluding hydrogens is 328 g/mol. The van der Waals surface area contributed by atoms with Crippen molar-refractivity contribution in [3.05, 3.63) is 51.1 Å². The fourth-order valence-electron chi connectivity index (χ4n) is 2.03. The second kappa shape index (κ2) is 6.71. The summed E-state index contributed by atoms with van der Waals surface area (Å²) in [5.41, 5.74) is -0.536. The number of nitrogens with zero attached hydrogens (tertiary/aromatic N) is 3. The predicted molar refractivity (Wildman–Crippen MR) is 91.4 cm³/mol. The molecule has 1 amide bonds. The Bertz CT molecular complexity index is 883. The van der Waals surface area contributed by atoms with Crippen molar-refractivity contribution in [2.45, 2.75) is 26.4 Å². The lowest BCUT2D eigenvalue weighted by molar-refractivity contribution is -0.384. The summed E-state index contributed by atoms with van der Waals surface area (Å²) in [5.74, 6) is 0. The Kier molecular flexibility index (Phi) is 4.87. The first-order valence-corrected chi connectivity index (χ1v) is 7.38. The number of nitrogens with one attached hydrogen (secondary N) is 1. The van der Waals surface area contributed by atoms with Gasteiger partial charge in [0.05, 0.1) is 28.1 Å². The van der Waals surface area contributed by atoms with Crippen molar-refractivity contribution in [1.29, 1.82) is 0 Å². The van der Waals surface area contributed by atoms with Crippen LogP contribution in [-0.4, -0.2) is 26.2 Å². The van der Waals surface area contributed by atoms with Crippen LogP contribution >= 0.6 is 0 Å². The zero-order chi connectivity index (χ0) is 18.8. The van der Waals surface area contributed by atoms with Crippen LogP contribution < -0.4 is 10.9 Å². The average molecular weight is 346 g/mol. The monoisotopic (exact) mass is 346 g/mol. The van der Waals surface area contributed by atoms with E-state index in [1.165, 1.54) is 36.0 Å². The molecule has 1 aromatic carbocycles. The number of amides is 1. The van der Waals surface area contributed by atoms with E-state index >= 15 is 0 Å². The third-order valence-electron chi connectivity index (χ3n) is 3.09. The van der Waals surface area contributed by atoms with Crippen molar-refractivity contribution in [3.63, 3.8) is 0 Å². The number of hydrogen-bond acceptors (Lipinski definition) is 6. The number of nitro benzene ring substituents is 1. The molecule has 0 aliphatic carbocycles. The van der Waals surface area contributed by atoms with E-state index in [1.54, 1.807) is 20.8 Å². The molecule has 0 aliphatic rings. The van der Waals surface area contributed by atoms with Gasteiger partial charge in [-0.25, -0.2) is 9.78 Å². The summed E-state index contributed by atoms with van der Waals surface area (Å²) in [6.07, 6.45) is 1.78. The lowest BCUT2D eigenvalue weighted by Gasteiger charge is -2.19. The Morgan fingerprint density at radius 2 is 2.04 bits per heavy atom. The van der Waals surface area contributed by atoms with Crippen molar-refractivity contribution in [1.82, 2.24) is 9.55 Å². The minimum absolute atomic E-state index is 0.217. The topological polar surface area (TPSA) is 116 Å². The van der Waals surface area contributed by atoms with E-state index in [4.69, 9.17) is 4.74 Å². The van der Waals surface area contributed by atoms with Crippen molar-refractivity contribution in [2.75, 3.05) is 5.32 Å². The van der Waals surface area contributed by atoms with Gasteiger partial charge < -0.3 is 9.30 Å². The average Bonchev–Trinajstić information content (AvgIpc) is 2.48. The van der Waals surface area contributed by atoms with E-state index in [2.05, 4.69) is 10.3 Å². The molecule has 25 heavy (non-hydrogen) atoms. The van der Waals surface area contributed by atoms with Crippen LogP contribution in [0.3, 0.4) is 0 Å². The molecule has 0 saturated carbocycles. The molecule has 0 fully saturated rings. The summed E-state index contributed by atoms with van der Waals surface area (Å²) < 4.78 is 6.39. The van der Waals surface area contributed by atoms with Gasteiger partial charge in [-0.15, -0.1) is 0 Å². The second-order valence-electron chi connectivity index (χ2n) is 6.34. The lowest BCUT2D eigenvalue weighted by atomic mass is 10.1. The fourth-order valence-corrected chi connectivity index (χ4v) is 2.03. The zero-order valence-electron chi connectivity index (χ0n) is 14.3. The minimum Gasteiger partial charge on any atom is -0.444 e. The normalized spacial score (nSPS) is 11.0. The smallest absolute Gasteiger partial charge is 0.412 e. The summed E-state index contributed by atoms with van der Waals surface area (Å²) in [5, 5.41) is 13.8. The van der Waals surface area contributed by atoms with E-state index in [9.17, 15) is 19.7 Å². The molecule has 2 aromatic rings. The Morgan fingerprint density at radius 3 is 2.60 bits per heavy atom. The van der Waals surface area contributed by atoms with Crippen LogP contribution in [0.5, 0.6) is 0 Å². The van der Waals surface area contributed by atoms with Crippen molar-refractivity contribution in [2.24, 2.45) is 7.05 Å². The number of nitro groups is 1. The Balaban J connectivity index is 2.38. The van der Waals surface area contributed by atoms with E-state index < -0.39 is 16.6 Å². The first kappa shape index (κ1) is 18.1. The molecule has 0 saturated heterocycles. The second-order valence-corrected chi connectivity index (χ2v) is 6.34. The quantitative estimate of drug-likeness (QED) is 0.674. The number of aryl methyl sites for hydroxylation is 1. The number of ether oxygens (including phenoxy) is 1. The third kappa shape index (κ3) is 4.63.